The van der Waals surface area contributed by atoms with Crippen molar-refractivity contribution in [2.45, 2.75) is 32.2 Å². The monoisotopic (exact) mass is 241 g/mol. The van der Waals surface area contributed by atoms with Crippen LogP contribution in [0.15, 0.2) is 42.5 Å². The van der Waals surface area contributed by atoms with E-state index >= 15 is 0 Å². The third kappa shape index (κ3) is 2.51. The Bertz CT molecular complexity index is 409. The standard InChI is InChI=1S/C17H23N/c1-13-7-9-16-15(11-13)12-18-17(16)10-8-14-5-3-2-4-6-14/h2-7,9,13,15-18H,8,10-12H2,1H3. The molecular formula is C17H23N. The van der Waals surface area contributed by atoms with E-state index in [1.54, 1.807) is 0 Å². The minimum absolute atomic E-state index is 0.693. The Morgan fingerprint density at radius 3 is 2.83 bits per heavy atom. The smallest absolute Gasteiger partial charge is 0.0136 e. The lowest BCUT2D eigenvalue weighted by atomic mass is 9.78. The summed E-state index contributed by atoms with van der Waals surface area (Å²) in [7, 11) is 0. The van der Waals surface area contributed by atoms with Crippen LogP contribution >= 0.6 is 0 Å². The molecule has 4 unspecified atom stereocenters. The SMILES string of the molecule is CC1C=CC2C(CNC2CCc2ccccc2)C1. The predicted molar refractivity (Wildman–Crippen MR) is 76.5 cm³/mol. The topological polar surface area (TPSA) is 12.0 Å². The molecule has 0 amide bonds. The summed E-state index contributed by atoms with van der Waals surface area (Å²) in [6, 6.07) is 11.6. The molecule has 0 aromatic heterocycles. The van der Waals surface area contributed by atoms with Gasteiger partial charge in [0, 0.05) is 6.04 Å². The molecule has 1 aromatic carbocycles. The quantitative estimate of drug-likeness (QED) is 0.800. The lowest BCUT2D eigenvalue weighted by Gasteiger charge is -2.26. The van der Waals surface area contributed by atoms with E-state index in [0.29, 0.717) is 6.04 Å². The van der Waals surface area contributed by atoms with Crippen molar-refractivity contribution in [2.24, 2.45) is 17.8 Å². The molecule has 0 bridgehead atoms. The zero-order valence-corrected chi connectivity index (χ0v) is 11.2. The van der Waals surface area contributed by atoms with Crippen LogP contribution in [0, 0.1) is 17.8 Å². The van der Waals surface area contributed by atoms with Crippen LogP contribution in [-0.4, -0.2) is 12.6 Å². The van der Waals surface area contributed by atoms with Gasteiger partial charge < -0.3 is 5.32 Å². The van der Waals surface area contributed by atoms with Gasteiger partial charge >= 0.3 is 0 Å². The molecule has 96 valence electrons. The second-order valence-electron chi connectivity index (χ2n) is 5.97. The molecule has 0 saturated carbocycles. The number of hydrogen-bond donors (Lipinski definition) is 1. The van der Waals surface area contributed by atoms with Crippen molar-refractivity contribution in [3.63, 3.8) is 0 Å². The van der Waals surface area contributed by atoms with E-state index in [1.165, 1.54) is 31.4 Å². The Balaban J connectivity index is 1.59. The van der Waals surface area contributed by atoms with Gasteiger partial charge in [-0.25, -0.2) is 0 Å². The highest BCUT2D eigenvalue weighted by atomic mass is 15.0. The van der Waals surface area contributed by atoms with Gasteiger partial charge in [-0.2, -0.15) is 0 Å². The van der Waals surface area contributed by atoms with Crippen molar-refractivity contribution in [3.05, 3.63) is 48.0 Å². The Labute approximate surface area is 110 Å². The van der Waals surface area contributed by atoms with E-state index < -0.39 is 0 Å². The average molecular weight is 241 g/mol. The van der Waals surface area contributed by atoms with Crippen molar-refractivity contribution >= 4 is 0 Å². The average Bonchev–Trinajstić information content (AvgIpc) is 2.80. The number of aryl methyl sites for hydroxylation is 1. The molecule has 0 radical (unpaired) electrons. The maximum Gasteiger partial charge on any atom is 0.0136 e. The van der Waals surface area contributed by atoms with Crippen molar-refractivity contribution in [1.82, 2.24) is 5.32 Å². The first-order valence-electron chi connectivity index (χ1n) is 7.28. The number of rotatable bonds is 3. The van der Waals surface area contributed by atoms with Crippen molar-refractivity contribution < 1.29 is 0 Å². The maximum atomic E-state index is 3.74. The molecule has 1 aromatic rings. The summed E-state index contributed by atoms with van der Waals surface area (Å²) >= 11 is 0. The zero-order chi connectivity index (χ0) is 12.4. The van der Waals surface area contributed by atoms with Gasteiger partial charge in [-0.3, -0.25) is 0 Å². The lowest BCUT2D eigenvalue weighted by molar-refractivity contribution is 0.351. The number of allylic oxidation sites excluding steroid dienone is 1. The van der Waals surface area contributed by atoms with Gasteiger partial charge in [0.15, 0.2) is 0 Å². The van der Waals surface area contributed by atoms with Gasteiger partial charge in [0.1, 0.15) is 0 Å². The fourth-order valence-corrected chi connectivity index (χ4v) is 3.57. The van der Waals surface area contributed by atoms with Gasteiger partial charge in [-0.05, 0) is 49.1 Å². The Morgan fingerprint density at radius 2 is 2.00 bits per heavy atom. The van der Waals surface area contributed by atoms with E-state index in [9.17, 15) is 0 Å². The summed E-state index contributed by atoms with van der Waals surface area (Å²) < 4.78 is 0. The normalized spacial score (nSPS) is 34.5. The lowest BCUT2D eigenvalue weighted by Crippen LogP contribution is -2.28. The molecule has 1 heterocycles. The van der Waals surface area contributed by atoms with Gasteiger partial charge in [0.2, 0.25) is 0 Å². The highest BCUT2D eigenvalue weighted by molar-refractivity contribution is 5.16. The second-order valence-corrected chi connectivity index (χ2v) is 5.97. The third-order valence-corrected chi connectivity index (χ3v) is 4.57. The minimum atomic E-state index is 0.693. The fraction of sp³-hybridized carbons (Fsp3) is 0.529. The summed E-state index contributed by atoms with van der Waals surface area (Å²) in [5, 5.41) is 3.74. The Hall–Kier alpha value is -1.08. The first-order valence-corrected chi connectivity index (χ1v) is 7.28. The molecule has 0 spiro atoms. The van der Waals surface area contributed by atoms with Gasteiger partial charge in [-0.15, -0.1) is 0 Å². The van der Waals surface area contributed by atoms with Crippen LogP contribution in [0.4, 0.5) is 0 Å². The summed E-state index contributed by atoms with van der Waals surface area (Å²) in [6.07, 6.45) is 8.74. The number of hydrogen-bond acceptors (Lipinski definition) is 1. The summed E-state index contributed by atoms with van der Waals surface area (Å²) in [6.45, 7) is 3.56. The molecule has 1 fully saturated rings. The maximum absolute atomic E-state index is 3.74. The van der Waals surface area contributed by atoms with Crippen LogP contribution in [0.25, 0.3) is 0 Å². The molecule has 4 atom stereocenters. The van der Waals surface area contributed by atoms with E-state index in [2.05, 4.69) is 54.7 Å². The molecule has 1 aliphatic heterocycles. The summed E-state index contributed by atoms with van der Waals surface area (Å²) in [5.41, 5.74) is 1.47. The number of benzene rings is 1. The van der Waals surface area contributed by atoms with Crippen LogP contribution in [0.5, 0.6) is 0 Å². The van der Waals surface area contributed by atoms with Crippen LogP contribution in [0.1, 0.15) is 25.3 Å². The largest absolute Gasteiger partial charge is 0.313 e. The molecule has 3 rings (SSSR count). The van der Waals surface area contributed by atoms with E-state index in [1.807, 2.05) is 0 Å². The zero-order valence-electron chi connectivity index (χ0n) is 11.2. The predicted octanol–water partition coefficient (Wildman–Crippen LogP) is 3.42. The van der Waals surface area contributed by atoms with Gasteiger partial charge in [0.05, 0.1) is 0 Å². The molecule has 2 aliphatic rings. The first-order chi connectivity index (χ1) is 8.83. The summed E-state index contributed by atoms with van der Waals surface area (Å²) in [5.74, 6) is 2.44. The third-order valence-electron chi connectivity index (χ3n) is 4.57. The van der Waals surface area contributed by atoms with E-state index in [0.717, 1.165) is 17.8 Å². The first kappa shape index (κ1) is 12.0. The highest BCUT2D eigenvalue weighted by Gasteiger charge is 2.35. The van der Waals surface area contributed by atoms with Gasteiger partial charge in [-0.1, -0.05) is 49.4 Å². The molecular weight excluding hydrogens is 218 g/mol. The van der Waals surface area contributed by atoms with E-state index in [4.69, 9.17) is 0 Å². The molecule has 1 nitrogen and oxygen atoms in total. The molecule has 1 aliphatic carbocycles. The van der Waals surface area contributed by atoms with Crippen molar-refractivity contribution in [1.29, 1.82) is 0 Å². The van der Waals surface area contributed by atoms with Crippen LogP contribution in [-0.2, 0) is 6.42 Å². The Kier molecular flexibility index (Phi) is 3.51. The van der Waals surface area contributed by atoms with Crippen LogP contribution in [0.2, 0.25) is 0 Å². The van der Waals surface area contributed by atoms with Crippen molar-refractivity contribution in [2.75, 3.05) is 6.54 Å². The van der Waals surface area contributed by atoms with Gasteiger partial charge in [0.25, 0.3) is 0 Å². The van der Waals surface area contributed by atoms with E-state index in [-0.39, 0.29) is 0 Å². The second kappa shape index (κ2) is 5.27. The van der Waals surface area contributed by atoms with Crippen LogP contribution < -0.4 is 5.32 Å². The fourth-order valence-electron chi connectivity index (χ4n) is 3.57. The molecule has 1 saturated heterocycles. The molecule has 18 heavy (non-hydrogen) atoms. The molecule has 1 heteroatoms. The summed E-state index contributed by atoms with van der Waals surface area (Å²) in [4.78, 5) is 0. The Morgan fingerprint density at radius 1 is 1.17 bits per heavy atom. The number of fused-ring (bicyclic) bond motifs is 1. The minimum Gasteiger partial charge on any atom is -0.313 e. The van der Waals surface area contributed by atoms with Crippen LogP contribution in [0.3, 0.4) is 0 Å². The number of nitrogens with one attached hydrogen (secondary N) is 1. The van der Waals surface area contributed by atoms with Crippen molar-refractivity contribution in [3.8, 4) is 0 Å². The highest BCUT2D eigenvalue weighted by Crippen LogP contribution is 2.35. The molecule has 1 N–H and O–H groups in total.